The Morgan fingerprint density at radius 2 is 1.85 bits per heavy atom. The number of hydrogen-bond acceptors (Lipinski definition) is 2. The SMILES string of the molecule is Cl.N[C@@H]1CCC[C@H]1CC(=O)N1CCCCC1c1ccccc1C(F)(F)F. The van der Waals surface area contributed by atoms with Crippen molar-refractivity contribution in [3.8, 4) is 0 Å². The number of hydrogen-bond donors (Lipinski definition) is 1. The predicted molar refractivity (Wildman–Crippen MR) is 96.9 cm³/mol. The van der Waals surface area contributed by atoms with E-state index in [1.165, 1.54) is 12.1 Å². The number of alkyl halides is 3. The molecule has 26 heavy (non-hydrogen) atoms. The number of carbonyl (C=O) groups excluding carboxylic acids is 1. The van der Waals surface area contributed by atoms with Crippen molar-refractivity contribution in [1.82, 2.24) is 4.90 Å². The zero-order valence-corrected chi connectivity index (χ0v) is 15.5. The van der Waals surface area contributed by atoms with E-state index in [0.29, 0.717) is 19.4 Å². The molecule has 0 spiro atoms. The largest absolute Gasteiger partial charge is 0.416 e. The van der Waals surface area contributed by atoms with Gasteiger partial charge in [-0.3, -0.25) is 4.79 Å². The smallest absolute Gasteiger partial charge is 0.336 e. The number of halogens is 4. The Bertz CT molecular complexity index is 623. The van der Waals surface area contributed by atoms with Gasteiger partial charge in [0, 0.05) is 19.0 Å². The lowest BCUT2D eigenvalue weighted by Crippen LogP contribution is -2.41. The first-order valence-electron chi connectivity index (χ1n) is 9.09. The number of benzene rings is 1. The number of likely N-dealkylation sites (tertiary alicyclic amines) is 1. The van der Waals surface area contributed by atoms with Crippen LogP contribution in [0.5, 0.6) is 0 Å². The van der Waals surface area contributed by atoms with Crippen molar-refractivity contribution in [2.75, 3.05) is 6.54 Å². The summed E-state index contributed by atoms with van der Waals surface area (Å²) in [7, 11) is 0. The Morgan fingerprint density at radius 1 is 1.12 bits per heavy atom. The average Bonchev–Trinajstić information content (AvgIpc) is 2.99. The van der Waals surface area contributed by atoms with E-state index in [4.69, 9.17) is 5.73 Å². The third kappa shape index (κ3) is 4.52. The van der Waals surface area contributed by atoms with E-state index in [2.05, 4.69) is 0 Å². The normalized spacial score (nSPS) is 26.5. The maximum absolute atomic E-state index is 13.4. The molecule has 7 heteroatoms. The minimum absolute atomic E-state index is 0. The number of amides is 1. The van der Waals surface area contributed by atoms with E-state index in [9.17, 15) is 18.0 Å². The molecule has 1 amide bonds. The zero-order valence-electron chi connectivity index (χ0n) is 14.7. The first-order chi connectivity index (χ1) is 11.9. The summed E-state index contributed by atoms with van der Waals surface area (Å²) in [4.78, 5) is 14.5. The van der Waals surface area contributed by atoms with Gasteiger partial charge in [0.25, 0.3) is 0 Å². The van der Waals surface area contributed by atoms with Gasteiger partial charge in [0.15, 0.2) is 0 Å². The Hall–Kier alpha value is -1.27. The zero-order chi connectivity index (χ0) is 18.0. The monoisotopic (exact) mass is 390 g/mol. The summed E-state index contributed by atoms with van der Waals surface area (Å²) < 4.78 is 40.2. The lowest BCUT2D eigenvalue weighted by Gasteiger charge is -2.38. The molecule has 2 aliphatic rings. The van der Waals surface area contributed by atoms with Gasteiger partial charge in [-0.25, -0.2) is 0 Å². The van der Waals surface area contributed by atoms with Crippen LogP contribution in [0.3, 0.4) is 0 Å². The van der Waals surface area contributed by atoms with Crippen LogP contribution >= 0.6 is 12.4 Å². The summed E-state index contributed by atoms with van der Waals surface area (Å²) in [5.74, 6) is 0.108. The van der Waals surface area contributed by atoms with E-state index in [1.807, 2.05) is 0 Å². The highest BCUT2D eigenvalue weighted by molar-refractivity contribution is 5.85. The fourth-order valence-electron chi connectivity index (χ4n) is 4.26. The standard InChI is InChI=1S/C19H25F3N2O.ClH/c20-19(21,22)15-8-2-1-7-14(15)17-10-3-4-11-24(17)18(25)12-13-6-5-9-16(13)23;/h1-2,7-8,13,16-17H,3-6,9-12,23H2;1H/t13-,16+,17?;/m0./s1. The lowest BCUT2D eigenvalue weighted by atomic mass is 9.90. The first kappa shape index (κ1) is 21.0. The van der Waals surface area contributed by atoms with Crippen LogP contribution < -0.4 is 5.73 Å². The maximum atomic E-state index is 13.4. The molecule has 2 N–H and O–H groups in total. The van der Waals surface area contributed by atoms with Gasteiger partial charge in [-0.05, 0) is 49.7 Å². The van der Waals surface area contributed by atoms with Crippen LogP contribution in [0, 0.1) is 5.92 Å². The minimum Gasteiger partial charge on any atom is -0.336 e. The van der Waals surface area contributed by atoms with Crippen molar-refractivity contribution < 1.29 is 18.0 Å². The molecule has 1 heterocycles. The lowest BCUT2D eigenvalue weighted by molar-refractivity contribution is -0.142. The van der Waals surface area contributed by atoms with E-state index >= 15 is 0 Å². The molecule has 1 aliphatic carbocycles. The summed E-state index contributed by atoms with van der Waals surface area (Å²) in [5, 5.41) is 0. The highest BCUT2D eigenvalue weighted by Crippen LogP contribution is 2.40. The molecule has 0 aromatic heterocycles. The summed E-state index contributed by atoms with van der Waals surface area (Å²) in [6.45, 7) is 0.525. The van der Waals surface area contributed by atoms with Crippen LogP contribution in [0.1, 0.15) is 62.1 Å². The van der Waals surface area contributed by atoms with E-state index in [-0.39, 0.29) is 35.8 Å². The summed E-state index contributed by atoms with van der Waals surface area (Å²) >= 11 is 0. The number of nitrogens with two attached hydrogens (primary N) is 1. The second-order valence-electron chi connectivity index (χ2n) is 7.24. The van der Waals surface area contributed by atoms with Crippen LogP contribution in [-0.4, -0.2) is 23.4 Å². The van der Waals surface area contributed by atoms with Gasteiger partial charge < -0.3 is 10.6 Å². The molecule has 3 atom stereocenters. The molecule has 3 rings (SSSR count). The van der Waals surface area contributed by atoms with Crippen molar-refractivity contribution >= 4 is 18.3 Å². The molecule has 1 aromatic carbocycles. The molecule has 146 valence electrons. The van der Waals surface area contributed by atoms with Crippen LogP contribution in [0.15, 0.2) is 24.3 Å². The molecule has 1 aliphatic heterocycles. The van der Waals surface area contributed by atoms with E-state index in [0.717, 1.165) is 38.2 Å². The Kier molecular flexibility index (Phi) is 6.97. The number of rotatable bonds is 3. The maximum Gasteiger partial charge on any atom is 0.416 e. The van der Waals surface area contributed by atoms with Crippen LogP contribution in [-0.2, 0) is 11.0 Å². The highest BCUT2D eigenvalue weighted by atomic mass is 35.5. The molecule has 3 nitrogen and oxygen atoms in total. The van der Waals surface area contributed by atoms with Gasteiger partial charge >= 0.3 is 6.18 Å². The Morgan fingerprint density at radius 3 is 2.50 bits per heavy atom. The van der Waals surface area contributed by atoms with Crippen molar-refractivity contribution in [3.05, 3.63) is 35.4 Å². The molecule has 1 saturated carbocycles. The van der Waals surface area contributed by atoms with Crippen molar-refractivity contribution in [2.24, 2.45) is 11.7 Å². The Labute approximate surface area is 158 Å². The fourth-order valence-corrected chi connectivity index (χ4v) is 4.26. The second kappa shape index (κ2) is 8.61. The summed E-state index contributed by atoms with van der Waals surface area (Å²) in [6, 6.07) is 5.19. The van der Waals surface area contributed by atoms with Gasteiger partial charge in [0.2, 0.25) is 5.91 Å². The predicted octanol–water partition coefficient (Wildman–Crippen LogP) is 4.70. The highest BCUT2D eigenvalue weighted by Gasteiger charge is 2.38. The van der Waals surface area contributed by atoms with Crippen LogP contribution in [0.25, 0.3) is 0 Å². The van der Waals surface area contributed by atoms with Crippen LogP contribution in [0.2, 0.25) is 0 Å². The van der Waals surface area contributed by atoms with Gasteiger partial charge in [-0.1, -0.05) is 24.6 Å². The minimum atomic E-state index is -4.41. The molecule has 1 unspecified atom stereocenters. The number of carbonyl (C=O) groups is 1. The second-order valence-corrected chi connectivity index (χ2v) is 7.24. The van der Waals surface area contributed by atoms with Gasteiger partial charge in [0.05, 0.1) is 11.6 Å². The molecule has 0 radical (unpaired) electrons. The van der Waals surface area contributed by atoms with Gasteiger partial charge in [-0.2, -0.15) is 13.2 Å². The Balaban J connectivity index is 0.00000243. The van der Waals surface area contributed by atoms with Crippen LogP contribution in [0.4, 0.5) is 13.2 Å². The fraction of sp³-hybridized carbons (Fsp3) is 0.632. The van der Waals surface area contributed by atoms with E-state index in [1.54, 1.807) is 11.0 Å². The topological polar surface area (TPSA) is 46.3 Å². The quantitative estimate of drug-likeness (QED) is 0.813. The average molecular weight is 391 g/mol. The molecule has 0 bridgehead atoms. The molecular formula is C19H26ClF3N2O. The van der Waals surface area contributed by atoms with Crippen molar-refractivity contribution in [1.29, 1.82) is 0 Å². The van der Waals surface area contributed by atoms with Gasteiger partial charge in [-0.15, -0.1) is 12.4 Å². The third-order valence-corrected chi connectivity index (χ3v) is 5.60. The van der Waals surface area contributed by atoms with Crippen molar-refractivity contribution in [3.63, 3.8) is 0 Å². The molecule has 1 saturated heterocycles. The third-order valence-electron chi connectivity index (χ3n) is 5.60. The van der Waals surface area contributed by atoms with Gasteiger partial charge in [0.1, 0.15) is 0 Å². The summed E-state index contributed by atoms with van der Waals surface area (Å²) in [6.07, 6.45) is 1.09. The molecule has 2 fully saturated rings. The number of nitrogens with zero attached hydrogens (tertiary/aromatic N) is 1. The van der Waals surface area contributed by atoms with E-state index < -0.39 is 17.8 Å². The number of piperidine rings is 1. The first-order valence-corrected chi connectivity index (χ1v) is 9.09. The summed E-state index contributed by atoms with van der Waals surface area (Å²) in [5.41, 5.74) is 5.66. The molecule has 1 aromatic rings. The van der Waals surface area contributed by atoms with Crippen molar-refractivity contribution in [2.45, 2.75) is 63.2 Å². The molecular weight excluding hydrogens is 365 g/mol.